The fourth-order valence-electron chi connectivity index (χ4n) is 1.33. The number of hydrogen-bond donors (Lipinski definition) is 2. The molecule has 19 heavy (non-hydrogen) atoms. The Morgan fingerprint density at radius 1 is 1.53 bits per heavy atom. The third-order valence-electron chi connectivity index (χ3n) is 2.29. The van der Waals surface area contributed by atoms with Crippen molar-refractivity contribution in [2.75, 3.05) is 6.61 Å². The van der Waals surface area contributed by atoms with Crippen LogP contribution in [0.25, 0.3) is 0 Å². The molecule has 0 heterocycles. The van der Waals surface area contributed by atoms with Crippen molar-refractivity contribution in [2.24, 2.45) is 5.73 Å². The lowest BCUT2D eigenvalue weighted by Crippen LogP contribution is -2.41. The molecule has 3 N–H and O–H groups in total. The molecule has 8 heteroatoms. The zero-order chi connectivity index (χ0) is 13.9. The Kier molecular flexibility index (Phi) is 6.11. The molecule has 0 aliphatic heterocycles. The van der Waals surface area contributed by atoms with Crippen molar-refractivity contribution < 1.29 is 27.8 Å². The first-order valence-corrected chi connectivity index (χ1v) is 5.10. The summed E-state index contributed by atoms with van der Waals surface area (Å²) in [5.41, 5.74) is 4.63. The summed E-state index contributed by atoms with van der Waals surface area (Å²) in [6.45, 7) is 1.12. The van der Waals surface area contributed by atoms with Crippen LogP contribution < -0.4 is 5.73 Å². The first kappa shape index (κ1) is 17.5. The van der Waals surface area contributed by atoms with Crippen LogP contribution in [0.4, 0.5) is 13.2 Å². The molecule has 0 amide bonds. The van der Waals surface area contributed by atoms with E-state index in [2.05, 4.69) is 4.74 Å². The normalized spacial score (nSPS) is 12.5. The fraction of sp³-hybridized carbons (Fsp3) is 0.364. The molecule has 1 aromatic rings. The van der Waals surface area contributed by atoms with E-state index in [4.69, 9.17) is 5.73 Å². The molecule has 108 valence electrons. The summed E-state index contributed by atoms with van der Waals surface area (Å²) in [6.07, 6.45) is 0. The van der Waals surface area contributed by atoms with Crippen molar-refractivity contribution in [2.45, 2.75) is 18.9 Å². The third kappa shape index (κ3) is 3.51. The molecule has 0 aliphatic rings. The van der Waals surface area contributed by atoms with Crippen molar-refractivity contribution in [3.8, 4) is 5.75 Å². The smallest absolute Gasteiger partial charge is 0.379 e. The van der Waals surface area contributed by atoms with Gasteiger partial charge in [0.2, 0.25) is 0 Å². The molecule has 0 radical (unpaired) electrons. The number of rotatable bonds is 4. The van der Waals surface area contributed by atoms with Gasteiger partial charge in [0.25, 0.3) is 0 Å². The molecule has 0 saturated heterocycles. The molecule has 1 atom stereocenters. The van der Waals surface area contributed by atoms with E-state index in [1.54, 1.807) is 0 Å². The van der Waals surface area contributed by atoms with E-state index in [1.165, 1.54) is 6.92 Å². The number of phenols is 1. The standard InChI is InChI=1S/C11H12F3NO3.ClH/c1-2-18-10(17)11(13,14)9(15)6-4-3-5-7(12)8(6)16;/h3-5,9,16H,2,15H2,1H3;1H/t9-;/m1./s1. The van der Waals surface area contributed by atoms with Crippen LogP contribution in [0.3, 0.4) is 0 Å². The highest BCUT2D eigenvalue weighted by atomic mass is 35.5. The van der Waals surface area contributed by atoms with E-state index in [1.807, 2.05) is 0 Å². The monoisotopic (exact) mass is 299 g/mol. The van der Waals surface area contributed by atoms with E-state index in [9.17, 15) is 23.1 Å². The SMILES string of the molecule is CCOC(=O)C(F)(F)[C@H](N)c1cccc(F)c1O.Cl. The summed E-state index contributed by atoms with van der Waals surface area (Å²) in [5, 5.41) is 9.30. The van der Waals surface area contributed by atoms with Gasteiger partial charge in [-0.1, -0.05) is 12.1 Å². The summed E-state index contributed by atoms with van der Waals surface area (Å²) in [6, 6.07) is 0.808. The third-order valence-corrected chi connectivity index (χ3v) is 2.29. The molecule has 0 aromatic heterocycles. The first-order valence-electron chi connectivity index (χ1n) is 5.10. The largest absolute Gasteiger partial charge is 0.505 e. The molecule has 0 unspecified atom stereocenters. The van der Waals surface area contributed by atoms with Crippen LogP contribution in [0.5, 0.6) is 5.75 Å². The van der Waals surface area contributed by atoms with Gasteiger partial charge in [0.1, 0.15) is 6.04 Å². The van der Waals surface area contributed by atoms with E-state index in [-0.39, 0.29) is 19.0 Å². The van der Waals surface area contributed by atoms with Crippen molar-refractivity contribution in [1.82, 2.24) is 0 Å². The maximum absolute atomic E-state index is 13.6. The van der Waals surface area contributed by atoms with Gasteiger partial charge in [-0.2, -0.15) is 8.78 Å². The van der Waals surface area contributed by atoms with Gasteiger partial charge in [0.15, 0.2) is 11.6 Å². The second kappa shape index (κ2) is 6.63. The van der Waals surface area contributed by atoms with Crippen LogP contribution in [0.15, 0.2) is 18.2 Å². The summed E-state index contributed by atoms with van der Waals surface area (Å²) in [7, 11) is 0. The van der Waals surface area contributed by atoms with Crippen molar-refractivity contribution in [3.05, 3.63) is 29.6 Å². The number of halogens is 4. The number of carbonyl (C=O) groups is 1. The molecule has 0 saturated carbocycles. The summed E-state index contributed by atoms with van der Waals surface area (Å²) in [5.74, 6) is -7.97. The number of ether oxygens (including phenoxy) is 1. The van der Waals surface area contributed by atoms with Gasteiger partial charge in [-0.25, -0.2) is 9.18 Å². The van der Waals surface area contributed by atoms with Gasteiger partial charge in [0.05, 0.1) is 6.61 Å². The molecule has 0 fully saturated rings. The van der Waals surface area contributed by atoms with Gasteiger partial charge in [-0.15, -0.1) is 12.4 Å². The first-order chi connectivity index (χ1) is 8.32. The quantitative estimate of drug-likeness (QED) is 0.836. The number of phenolic OH excluding ortho intramolecular Hbond substituents is 1. The van der Waals surface area contributed by atoms with Crippen molar-refractivity contribution in [3.63, 3.8) is 0 Å². The van der Waals surface area contributed by atoms with Crippen LogP contribution in [-0.2, 0) is 9.53 Å². The van der Waals surface area contributed by atoms with Crippen molar-refractivity contribution in [1.29, 1.82) is 0 Å². The number of alkyl halides is 2. The Morgan fingerprint density at radius 3 is 2.63 bits per heavy atom. The maximum atomic E-state index is 13.6. The van der Waals surface area contributed by atoms with Crippen LogP contribution in [0.1, 0.15) is 18.5 Å². The molecule has 1 aromatic carbocycles. The Morgan fingerprint density at radius 2 is 2.11 bits per heavy atom. The van der Waals surface area contributed by atoms with E-state index in [0.717, 1.165) is 18.2 Å². The molecular formula is C11H13ClF3NO3. The Labute approximate surface area is 113 Å². The van der Waals surface area contributed by atoms with Gasteiger partial charge >= 0.3 is 11.9 Å². The second-order valence-corrected chi connectivity index (χ2v) is 3.50. The molecule has 4 nitrogen and oxygen atoms in total. The summed E-state index contributed by atoms with van der Waals surface area (Å²) in [4.78, 5) is 11.0. The number of benzene rings is 1. The predicted molar refractivity (Wildman–Crippen MR) is 63.8 cm³/mol. The van der Waals surface area contributed by atoms with Crippen LogP contribution in [0.2, 0.25) is 0 Å². The second-order valence-electron chi connectivity index (χ2n) is 3.50. The minimum absolute atomic E-state index is 0. The van der Waals surface area contributed by atoms with Crippen LogP contribution in [0, 0.1) is 5.82 Å². The fourth-order valence-corrected chi connectivity index (χ4v) is 1.33. The number of esters is 1. The molecule has 0 aliphatic carbocycles. The topological polar surface area (TPSA) is 72.5 Å². The summed E-state index contributed by atoms with van der Waals surface area (Å²) >= 11 is 0. The number of aromatic hydroxyl groups is 1. The van der Waals surface area contributed by atoms with Gasteiger partial charge in [0, 0.05) is 5.56 Å². The number of carbonyl (C=O) groups excluding carboxylic acids is 1. The Hall–Kier alpha value is -1.47. The zero-order valence-corrected chi connectivity index (χ0v) is 10.7. The highest BCUT2D eigenvalue weighted by Gasteiger charge is 2.48. The van der Waals surface area contributed by atoms with Gasteiger partial charge < -0.3 is 15.6 Å². The molecule has 0 spiro atoms. The predicted octanol–water partition coefficient (Wildman–Crippen LogP) is 2.15. The molecular weight excluding hydrogens is 287 g/mol. The van der Waals surface area contributed by atoms with Gasteiger partial charge in [-0.05, 0) is 13.0 Å². The van der Waals surface area contributed by atoms with Gasteiger partial charge in [-0.3, -0.25) is 0 Å². The highest BCUT2D eigenvalue weighted by Crippen LogP contribution is 2.35. The molecule has 0 bridgehead atoms. The lowest BCUT2D eigenvalue weighted by molar-refractivity contribution is -0.174. The summed E-state index contributed by atoms with van der Waals surface area (Å²) < 4.78 is 44.3. The van der Waals surface area contributed by atoms with Crippen LogP contribution >= 0.6 is 12.4 Å². The minimum Gasteiger partial charge on any atom is -0.505 e. The average Bonchev–Trinajstić information content (AvgIpc) is 2.32. The number of para-hydroxylation sites is 1. The lowest BCUT2D eigenvalue weighted by atomic mass is 10.0. The Bertz CT molecular complexity index is 457. The Balaban J connectivity index is 0.00000324. The van der Waals surface area contributed by atoms with Crippen LogP contribution in [-0.4, -0.2) is 23.6 Å². The maximum Gasteiger partial charge on any atom is 0.379 e. The molecule has 1 rings (SSSR count). The van der Waals surface area contributed by atoms with E-state index < -0.39 is 35.1 Å². The zero-order valence-electron chi connectivity index (χ0n) is 9.90. The minimum atomic E-state index is -4.05. The number of nitrogens with two attached hydrogens (primary N) is 1. The van der Waals surface area contributed by atoms with Crippen molar-refractivity contribution >= 4 is 18.4 Å². The lowest BCUT2D eigenvalue weighted by Gasteiger charge is -2.22. The number of hydrogen-bond acceptors (Lipinski definition) is 4. The van der Waals surface area contributed by atoms with E-state index >= 15 is 0 Å². The average molecular weight is 300 g/mol. The highest BCUT2D eigenvalue weighted by molar-refractivity contribution is 5.85. The van der Waals surface area contributed by atoms with E-state index in [0.29, 0.717) is 0 Å².